The Bertz CT molecular complexity index is 1300. The fourth-order valence-corrected chi connectivity index (χ4v) is 8.87. The summed E-state index contributed by atoms with van der Waals surface area (Å²) in [6, 6.07) is -3.61. The second-order valence-electron chi connectivity index (χ2n) is 15.3. The minimum Gasteiger partial charge on any atom is -0.346 e. The lowest BCUT2D eigenvalue weighted by atomic mass is 9.49. The van der Waals surface area contributed by atoms with Gasteiger partial charge < -0.3 is 26.2 Å². The van der Waals surface area contributed by atoms with Crippen LogP contribution in [-0.4, -0.2) is 91.6 Å². The molecule has 12 nitrogen and oxygen atoms in total. The van der Waals surface area contributed by atoms with E-state index in [-0.39, 0.29) is 36.0 Å². The Morgan fingerprint density at radius 3 is 2.20 bits per heavy atom. The van der Waals surface area contributed by atoms with Crippen molar-refractivity contribution in [2.75, 3.05) is 25.1 Å². The fourth-order valence-electron chi connectivity index (χ4n) is 7.50. The van der Waals surface area contributed by atoms with E-state index in [2.05, 4.69) is 41.7 Å². The van der Waals surface area contributed by atoms with Crippen LogP contribution in [0.4, 0.5) is 4.79 Å². The number of carbonyl (C=O) groups excluding carboxylic acids is 5. The molecule has 0 aromatic heterocycles. The zero-order chi connectivity index (χ0) is 34.7. The number of sulfone groups is 1. The lowest BCUT2D eigenvalue weighted by Crippen LogP contribution is -2.73. The van der Waals surface area contributed by atoms with Gasteiger partial charge in [-0.2, -0.15) is 0 Å². The molecule has 4 N–H and O–H groups in total. The van der Waals surface area contributed by atoms with Crippen LogP contribution in [0.5, 0.6) is 0 Å². The van der Waals surface area contributed by atoms with Gasteiger partial charge in [-0.15, -0.1) is 6.58 Å². The molecule has 4 rings (SSSR count). The Morgan fingerprint density at radius 1 is 1.04 bits per heavy atom. The monoisotopic (exact) mass is 665 g/mol. The number of piperidine rings is 2. The summed E-state index contributed by atoms with van der Waals surface area (Å²) in [6.07, 6.45) is 7.74. The second kappa shape index (κ2) is 14.4. The van der Waals surface area contributed by atoms with Crippen molar-refractivity contribution in [3.8, 4) is 0 Å². The van der Waals surface area contributed by atoms with Crippen molar-refractivity contribution in [1.82, 2.24) is 26.2 Å². The number of hydrogen-bond acceptors (Lipinski definition) is 7. The average molecular weight is 666 g/mol. The van der Waals surface area contributed by atoms with E-state index in [9.17, 15) is 32.4 Å². The molecule has 2 aliphatic carbocycles. The summed E-state index contributed by atoms with van der Waals surface area (Å²) < 4.78 is 24.6. The maximum atomic E-state index is 14.4. The first-order chi connectivity index (χ1) is 21.3. The van der Waals surface area contributed by atoms with Crippen molar-refractivity contribution in [1.29, 1.82) is 0 Å². The summed E-state index contributed by atoms with van der Waals surface area (Å²) in [5, 5.41) is 11.1. The number of Topliss-reactive ketones (excluding diaryl/α,β-unsaturated/α-hetero) is 1. The van der Waals surface area contributed by atoms with Crippen LogP contribution in [0.15, 0.2) is 12.7 Å². The highest BCUT2D eigenvalue weighted by Crippen LogP contribution is 2.57. The van der Waals surface area contributed by atoms with Gasteiger partial charge >= 0.3 is 6.03 Å². The highest BCUT2D eigenvalue weighted by atomic mass is 32.2. The molecule has 2 unspecified atom stereocenters. The van der Waals surface area contributed by atoms with Crippen molar-refractivity contribution < 1.29 is 32.4 Å². The van der Waals surface area contributed by atoms with Crippen molar-refractivity contribution in [3.05, 3.63) is 12.7 Å². The zero-order valence-corrected chi connectivity index (χ0v) is 29.5. The Labute approximate surface area is 274 Å². The standard InChI is InChI=1S/C33H55N5O7S/c1-9-14-23(25(39)28(41)34-17-10-2)35-27(40)24-22-18-21(32(22,6)7)19-38(24)29(42)26(31(3,4)5)36-30(43)37-33(20-46(8,44)45)15-12-11-13-16-33/h10,21-24,26H,2,9,11-20H2,1,3-8H3,(H,34,41)(H,35,40)(H2,36,37,43)/t21-,22+,23?,24?,26-/m1/s1. The van der Waals surface area contributed by atoms with Gasteiger partial charge in [-0.05, 0) is 48.3 Å². The highest BCUT2D eigenvalue weighted by Gasteiger charge is 2.61. The molecule has 0 spiro atoms. The number of hydrogen-bond donors (Lipinski definition) is 4. The van der Waals surface area contributed by atoms with Gasteiger partial charge in [0.25, 0.3) is 5.91 Å². The number of nitrogens with zero attached hydrogens (tertiary/aromatic N) is 1. The van der Waals surface area contributed by atoms with Crippen LogP contribution in [-0.2, 0) is 29.0 Å². The number of fused-ring (bicyclic) bond motifs is 2. The predicted molar refractivity (Wildman–Crippen MR) is 176 cm³/mol. The lowest BCUT2D eigenvalue weighted by molar-refractivity contribution is -0.179. The SMILES string of the molecule is C=CCNC(=O)C(=O)C(CCC)NC(=O)C1[C@@H]2C[C@H](CN1C(=O)[C@@H](NC(=O)NC1(CS(C)(=O)=O)CCCCC1)C(C)(C)C)C2(C)C. The quantitative estimate of drug-likeness (QED) is 0.173. The molecular formula is C33H55N5O7S. The maximum Gasteiger partial charge on any atom is 0.315 e. The molecule has 4 fully saturated rings. The molecule has 5 atom stereocenters. The lowest BCUT2D eigenvalue weighted by Gasteiger charge is -2.63. The molecule has 2 aliphatic heterocycles. The second-order valence-corrected chi connectivity index (χ2v) is 17.5. The smallest absolute Gasteiger partial charge is 0.315 e. The van der Waals surface area contributed by atoms with Crippen molar-refractivity contribution >= 4 is 39.4 Å². The van der Waals surface area contributed by atoms with Gasteiger partial charge in [-0.3, -0.25) is 19.2 Å². The highest BCUT2D eigenvalue weighted by molar-refractivity contribution is 7.90. The van der Waals surface area contributed by atoms with Gasteiger partial charge in [0.2, 0.25) is 17.6 Å². The first-order valence-corrected chi connectivity index (χ1v) is 18.6. The topological polar surface area (TPSA) is 171 Å². The third kappa shape index (κ3) is 8.68. The number of ketones is 1. The van der Waals surface area contributed by atoms with Gasteiger partial charge in [0.1, 0.15) is 21.9 Å². The average Bonchev–Trinajstić information content (AvgIpc) is 2.95. The van der Waals surface area contributed by atoms with Gasteiger partial charge in [0, 0.05) is 19.3 Å². The molecule has 46 heavy (non-hydrogen) atoms. The van der Waals surface area contributed by atoms with E-state index in [1.807, 2.05) is 27.7 Å². The molecule has 2 saturated heterocycles. The molecule has 2 bridgehead atoms. The van der Waals surface area contributed by atoms with Crippen LogP contribution >= 0.6 is 0 Å². The third-order valence-electron chi connectivity index (χ3n) is 10.2. The molecule has 0 radical (unpaired) electrons. The van der Waals surface area contributed by atoms with Crippen LogP contribution in [0.3, 0.4) is 0 Å². The van der Waals surface area contributed by atoms with E-state index in [0.717, 1.165) is 31.9 Å². The van der Waals surface area contributed by atoms with E-state index in [4.69, 9.17) is 0 Å². The predicted octanol–water partition coefficient (Wildman–Crippen LogP) is 2.48. The largest absolute Gasteiger partial charge is 0.346 e. The van der Waals surface area contributed by atoms with Crippen LogP contribution in [0.25, 0.3) is 0 Å². The number of carbonyl (C=O) groups is 5. The number of nitrogens with one attached hydrogen (secondary N) is 4. The van der Waals surface area contributed by atoms with Crippen LogP contribution in [0, 0.1) is 22.7 Å². The van der Waals surface area contributed by atoms with E-state index in [1.165, 1.54) is 11.0 Å². The first-order valence-electron chi connectivity index (χ1n) is 16.6. The molecular weight excluding hydrogens is 610 g/mol. The summed E-state index contributed by atoms with van der Waals surface area (Å²) in [5.74, 6) is -2.70. The molecule has 0 aromatic rings. The van der Waals surface area contributed by atoms with E-state index in [1.54, 1.807) is 0 Å². The molecule has 5 amide bonds. The van der Waals surface area contributed by atoms with Crippen molar-refractivity contribution in [3.63, 3.8) is 0 Å². The third-order valence-corrected chi connectivity index (χ3v) is 11.3. The Balaban J connectivity index is 1.87. The first kappa shape index (κ1) is 37.5. The van der Waals surface area contributed by atoms with Crippen LogP contribution in [0.1, 0.15) is 92.9 Å². The summed E-state index contributed by atoms with van der Waals surface area (Å²) in [5.41, 5.74) is -1.90. The number of rotatable bonds is 13. The fraction of sp³-hybridized carbons (Fsp3) is 0.788. The van der Waals surface area contributed by atoms with Gasteiger partial charge in [0.05, 0.1) is 17.3 Å². The number of amides is 5. The van der Waals surface area contributed by atoms with Gasteiger partial charge in [0.15, 0.2) is 0 Å². The normalized spacial score (nSPS) is 24.8. The Hall–Kier alpha value is -2.96. The molecule has 2 saturated carbocycles. The van der Waals surface area contributed by atoms with Gasteiger partial charge in [-0.25, -0.2) is 13.2 Å². The van der Waals surface area contributed by atoms with E-state index in [0.29, 0.717) is 25.8 Å². The van der Waals surface area contributed by atoms with Gasteiger partial charge in [-0.1, -0.05) is 73.3 Å². The Morgan fingerprint density at radius 2 is 1.67 bits per heavy atom. The summed E-state index contributed by atoms with van der Waals surface area (Å²) in [6.45, 7) is 15.4. The van der Waals surface area contributed by atoms with E-state index >= 15 is 0 Å². The van der Waals surface area contributed by atoms with Crippen molar-refractivity contribution in [2.24, 2.45) is 22.7 Å². The van der Waals surface area contributed by atoms with E-state index < -0.39 is 68.5 Å². The summed E-state index contributed by atoms with van der Waals surface area (Å²) in [7, 11) is -3.39. The van der Waals surface area contributed by atoms with Crippen LogP contribution in [0.2, 0.25) is 0 Å². The zero-order valence-electron chi connectivity index (χ0n) is 28.7. The minimum atomic E-state index is -3.39. The summed E-state index contributed by atoms with van der Waals surface area (Å²) >= 11 is 0. The summed E-state index contributed by atoms with van der Waals surface area (Å²) in [4.78, 5) is 69.0. The minimum absolute atomic E-state index is 0.115. The molecule has 260 valence electrons. The molecule has 2 heterocycles. The molecule has 0 aromatic carbocycles. The molecule has 4 aliphatic rings. The number of urea groups is 1. The maximum absolute atomic E-state index is 14.4. The van der Waals surface area contributed by atoms with Crippen molar-refractivity contribution in [2.45, 2.75) is 117 Å². The van der Waals surface area contributed by atoms with Crippen LogP contribution < -0.4 is 21.3 Å². The Kier molecular flexibility index (Phi) is 11.8. The molecule has 13 heteroatoms.